The molecule has 0 radical (unpaired) electrons. The summed E-state index contributed by atoms with van der Waals surface area (Å²) in [5.74, 6) is -0.166. The largest absolute Gasteiger partial charge is 0.391 e. The molecule has 1 saturated carbocycles. The number of nitrogens with one attached hydrogen (secondary N) is 1. The third-order valence-electron chi connectivity index (χ3n) is 4.41. The van der Waals surface area contributed by atoms with Gasteiger partial charge in [0, 0.05) is 12.2 Å². The van der Waals surface area contributed by atoms with Crippen LogP contribution in [0.5, 0.6) is 0 Å². The van der Waals surface area contributed by atoms with E-state index in [9.17, 15) is 15.2 Å². The van der Waals surface area contributed by atoms with Crippen molar-refractivity contribution in [3.05, 3.63) is 30.3 Å². The second-order valence-electron chi connectivity index (χ2n) is 6.23. The maximum absolute atomic E-state index is 12.4. The normalized spacial score (nSPS) is 17.3. The van der Waals surface area contributed by atoms with Crippen molar-refractivity contribution in [2.45, 2.75) is 50.7 Å². The molecular formula is C18H25N3O2. The number of amides is 1. The summed E-state index contributed by atoms with van der Waals surface area (Å²) in [5.41, 5.74) is 0.190. The van der Waals surface area contributed by atoms with Crippen molar-refractivity contribution in [3.63, 3.8) is 0 Å². The Morgan fingerprint density at radius 1 is 1.39 bits per heavy atom. The zero-order chi connectivity index (χ0) is 16.7. The van der Waals surface area contributed by atoms with E-state index in [4.69, 9.17) is 0 Å². The van der Waals surface area contributed by atoms with Gasteiger partial charge in [0.1, 0.15) is 5.54 Å². The van der Waals surface area contributed by atoms with Gasteiger partial charge >= 0.3 is 0 Å². The van der Waals surface area contributed by atoms with E-state index in [-0.39, 0.29) is 12.5 Å². The molecule has 0 aromatic heterocycles. The fourth-order valence-electron chi connectivity index (χ4n) is 3.01. The van der Waals surface area contributed by atoms with E-state index >= 15 is 0 Å². The predicted molar refractivity (Wildman–Crippen MR) is 89.9 cm³/mol. The maximum atomic E-state index is 12.4. The standard InChI is InChI=1S/C18H25N3O2/c1-2-16(22)12-21(15-8-4-3-5-9-15)13-17(23)20-18(14-19)10-6-7-11-18/h3-5,8-9,16,22H,2,6-7,10-13H2,1H3,(H,20,23). The molecule has 2 rings (SSSR count). The summed E-state index contributed by atoms with van der Waals surface area (Å²) in [4.78, 5) is 14.3. The van der Waals surface area contributed by atoms with Crippen molar-refractivity contribution in [2.75, 3.05) is 18.0 Å². The molecule has 1 aromatic carbocycles. The predicted octanol–water partition coefficient (Wildman–Crippen LogP) is 2.22. The van der Waals surface area contributed by atoms with Crippen LogP contribution in [0.3, 0.4) is 0 Å². The van der Waals surface area contributed by atoms with E-state index in [2.05, 4.69) is 11.4 Å². The maximum Gasteiger partial charge on any atom is 0.240 e. The van der Waals surface area contributed by atoms with Crippen molar-refractivity contribution >= 4 is 11.6 Å². The molecule has 5 nitrogen and oxygen atoms in total. The van der Waals surface area contributed by atoms with Gasteiger partial charge in [0.05, 0.1) is 18.7 Å². The first-order valence-corrected chi connectivity index (χ1v) is 8.29. The highest BCUT2D eigenvalue weighted by atomic mass is 16.3. The lowest BCUT2D eigenvalue weighted by Crippen LogP contribution is -2.50. The smallest absolute Gasteiger partial charge is 0.240 e. The Labute approximate surface area is 137 Å². The number of para-hydroxylation sites is 1. The van der Waals surface area contributed by atoms with E-state index in [1.165, 1.54) is 0 Å². The van der Waals surface area contributed by atoms with Gasteiger partial charge in [0.15, 0.2) is 0 Å². The molecule has 1 amide bonds. The molecule has 1 fully saturated rings. The average Bonchev–Trinajstić information content (AvgIpc) is 3.03. The molecule has 0 saturated heterocycles. The van der Waals surface area contributed by atoms with Crippen LogP contribution in [0.2, 0.25) is 0 Å². The molecule has 124 valence electrons. The van der Waals surface area contributed by atoms with Gasteiger partial charge in [-0.3, -0.25) is 4.79 Å². The number of hydrogen-bond donors (Lipinski definition) is 2. The van der Waals surface area contributed by atoms with E-state index in [0.29, 0.717) is 13.0 Å². The van der Waals surface area contributed by atoms with Crippen LogP contribution in [0.15, 0.2) is 30.3 Å². The monoisotopic (exact) mass is 315 g/mol. The summed E-state index contributed by atoms with van der Waals surface area (Å²) >= 11 is 0. The molecule has 1 unspecified atom stereocenters. The first kappa shape index (κ1) is 17.3. The molecule has 0 heterocycles. The van der Waals surface area contributed by atoms with Crippen molar-refractivity contribution in [3.8, 4) is 6.07 Å². The minimum atomic E-state index is -0.706. The van der Waals surface area contributed by atoms with E-state index < -0.39 is 11.6 Å². The Bertz CT molecular complexity index is 547. The Hall–Kier alpha value is -2.06. The van der Waals surface area contributed by atoms with Crippen LogP contribution in [-0.2, 0) is 4.79 Å². The molecule has 0 spiro atoms. The first-order valence-electron chi connectivity index (χ1n) is 8.29. The highest BCUT2D eigenvalue weighted by Gasteiger charge is 2.35. The van der Waals surface area contributed by atoms with Crippen molar-refractivity contribution < 1.29 is 9.90 Å². The van der Waals surface area contributed by atoms with E-state index in [1.54, 1.807) is 0 Å². The molecular weight excluding hydrogens is 290 g/mol. The van der Waals surface area contributed by atoms with E-state index in [0.717, 1.165) is 31.4 Å². The van der Waals surface area contributed by atoms with Crippen molar-refractivity contribution in [2.24, 2.45) is 0 Å². The van der Waals surface area contributed by atoms with Crippen LogP contribution in [0.4, 0.5) is 5.69 Å². The van der Waals surface area contributed by atoms with Gasteiger partial charge in [0.25, 0.3) is 0 Å². The number of benzene rings is 1. The highest BCUT2D eigenvalue weighted by Crippen LogP contribution is 2.28. The van der Waals surface area contributed by atoms with Crippen molar-refractivity contribution in [1.82, 2.24) is 5.32 Å². The van der Waals surface area contributed by atoms with Crippen LogP contribution < -0.4 is 10.2 Å². The molecule has 0 aliphatic heterocycles. The number of carbonyl (C=O) groups excluding carboxylic acids is 1. The molecule has 2 N–H and O–H groups in total. The molecule has 1 aliphatic rings. The fourth-order valence-corrected chi connectivity index (χ4v) is 3.01. The van der Waals surface area contributed by atoms with Crippen LogP contribution >= 0.6 is 0 Å². The summed E-state index contributed by atoms with van der Waals surface area (Å²) in [5, 5.41) is 22.2. The second-order valence-corrected chi connectivity index (χ2v) is 6.23. The van der Waals surface area contributed by atoms with Gasteiger partial charge in [-0.2, -0.15) is 5.26 Å². The molecule has 1 aliphatic carbocycles. The highest BCUT2D eigenvalue weighted by molar-refractivity contribution is 5.82. The summed E-state index contributed by atoms with van der Waals surface area (Å²) in [6, 6.07) is 11.9. The molecule has 5 heteroatoms. The van der Waals surface area contributed by atoms with Crippen LogP contribution in [0.25, 0.3) is 0 Å². The number of rotatable bonds is 7. The fraction of sp³-hybridized carbons (Fsp3) is 0.556. The molecule has 23 heavy (non-hydrogen) atoms. The van der Waals surface area contributed by atoms with Crippen LogP contribution in [0.1, 0.15) is 39.0 Å². The lowest BCUT2D eigenvalue weighted by molar-refractivity contribution is -0.121. The molecule has 1 atom stereocenters. The van der Waals surface area contributed by atoms with Gasteiger partial charge in [-0.1, -0.05) is 25.1 Å². The number of nitrogens with zero attached hydrogens (tertiary/aromatic N) is 2. The Morgan fingerprint density at radius 3 is 2.61 bits per heavy atom. The number of aliphatic hydroxyl groups excluding tert-OH is 1. The average molecular weight is 315 g/mol. The summed E-state index contributed by atoms with van der Waals surface area (Å²) in [6.07, 6.45) is 3.54. The van der Waals surface area contributed by atoms with Gasteiger partial charge in [0.2, 0.25) is 5.91 Å². The quantitative estimate of drug-likeness (QED) is 0.809. The Morgan fingerprint density at radius 2 is 2.04 bits per heavy atom. The number of nitriles is 1. The third kappa shape index (κ3) is 4.70. The van der Waals surface area contributed by atoms with Crippen LogP contribution in [0, 0.1) is 11.3 Å². The summed E-state index contributed by atoms with van der Waals surface area (Å²) < 4.78 is 0. The molecule has 1 aromatic rings. The minimum Gasteiger partial charge on any atom is -0.391 e. The lowest BCUT2D eigenvalue weighted by Gasteiger charge is -2.29. The second kappa shape index (κ2) is 7.98. The number of anilines is 1. The topological polar surface area (TPSA) is 76.4 Å². The third-order valence-corrected chi connectivity index (χ3v) is 4.41. The number of carbonyl (C=O) groups is 1. The lowest BCUT2D eigenvalue weighted by atomic mass is 10.00. The number of hydrogen-bond acceptors (Lipinski definition) is 4. The van der Waals surface area contributed by atoms with Gasteiger partial charge in [-0.25, -0.2) is 0 Å². The summed E-state index contributed by atoms with van der Waals surface area (Å²) in [6.45, 7) is 2.45. The van der Waals surface area contributed by atoms with Gasteiger partial charge in [-0.15, -0.1) is 0 Å². The minimum absolute atomic E-state index is 0.143. The molecule has 0 bridgehead atoms. The summed E-state index contributed by atoms with van der Waals surface area (Å²) in [7, 11) is 0. The van der Waals surface area contributed by atoms with E-state index in [1.807, 2.05) is 42.2 Å². The van der Waals surface area contributed by atoms with Gasteiger partial charge in [-0.05, 0) is 44.2 Å². The number of aliphatic hydroxyl groups is 1. The Kier molecular flexibility index (Phi) is 6.00. The van der Waals surface area contributed by atoms with Gasteiger partial charge < -0.3 is 15.3 Å². The zero-order valence-electron chi connectivity index (χ0n) is 13.7. The Balaban J connectivity index is 2.05. The van der Waals surface area contributed by atoms with Crippen LogP contribution in [-0.4, -0.2) is 35.7 Å². The zero-order valence-corrected chi connectivity index (χ0v) is 13.7. The van der Waals surface area contributed by atoms with Crippen molar-refractivity contribution in [1.29, 1.82) is 5.26 Å². The SMILES string of the molecule is CCC(O)CN(CC(=O)NC1(C#N)CCCC1)c1ccccc1. The first-order chi connectivity index (χ1) is 11.1.